The maximum absolute atomic E-state index is 5.84. The zero-order valence-electron chi connectivity index (χ0n) is 10.4. The average molecular weight is 348 g/mol. The van der Waals surface area contributed by atoms with E-state index >= 15 is 0 Å². The van der Waals surface area contributed by atoms with Gasteiger partial charge in [-0.05, 0) is 40.2 Å². The molecule has 2 heterocycles. The molecule has 20 heavy (non-hydrogen) atoms. The topological polar surface area (TPSA) is 31.4 Å². The Labute approximate surface area is 128 Å². The molecule has 1 atom stereocenters. The van der Waals surface area contributed by atoms with Crippen LogP contribution in [0.5, 0.6) is 11.5 Å². The molecule has 3 nitrogen and oxygen atoms in total. The van der Waals surface area contributed by atoms with Crippen molar-refractivity contribution in [2.24, 2.45) is 0 Å². The molecule has 1 aliphatic rings. The van der Waals surface area contributed by atoms with Gasteiger partial charge in [-0.3, -0.25) is 0 Å². The van der Waals surface area contributed by atoms with Gasteiger partial charge in [0.2, 0.25) is 6.29 Å². The Balaban J connectivity index is 1.58. The molecule has 1 aliphatic heterocycles. The molecule has 1 aromatic heterocycles. The molecule has 0 spiro atoms. The van der Waals surface area contributed by atoms with Gasteiger partial charge in [-0.25, -0.2) is 4.98 Å². The molecule has 0 N–H and O–H groups in total. The highest BCUT2D eigenvalue weighted by molar-refractivity contribution is 9.10. The molecule has 0 radical (unpaired) electrons. The van der Waals surface area contributed by atoms with Crippen LogP contribution in [0.2, 0.25) is 0 Å². The molecule has 0 saturated carbocycles. The fourth-order valence-electron chi connectivity index (χ4n) is 2.23. The SMILES string of the molecule is Brc1cccc2c1OC(Cc1nc3ccccc3s1)O2. The van der Waals surface area contributed by atoms with Crippen molar-refractivity contribution in [2.45, 2.75) is 12.7 Å². The van der Waals surface area contributed by atoms with Crippen molar-refractivity contribution >= 4 is 37.5 Å². The third kappa shape index (κ3) is 2.07. The number of hydrogen-bond donors (Lipinski definition) is 0. The summed E-state index contributed by atoms with van der Waals surface area (Å²) in [6, 6.07) is 13.9. The van der Waals surface area contributed by atoms with Crippen LogP contribution in [0, 0.1) is 0 Å². The molecule has 0 saturated heterocycles. The van der Waals surface area contributed by atoms with E-state index < -0.39 is 0 Å². The Morgan fingerprint density at radius 2 is 2.00 bits per heavy atom. The van der Waals surface area contributed by atoms with E-state index in [1.54, 1.807) is 11.3 Å². The Morgan fingerprint density at radius 1 is 1.10 bits per heavy atom. The summed E-state index contributed by atoms with van der Waals surface area (Å²) in [6.45, 7) is 0. The first kappa shape index (κ1) is 12.2. The highest BCUT2D eigenvalue weighted by Crippen LogP contribution is 2.41. The molecule has 5 heteroatoms. The molecular formula is C15H10BrNO2S. The predicted molar refractivity (Wildman–Crippen MR) is 82.5 cm³/mol. The van der Waals surface area contributed by atoms with E-state index in [1.165, 1.54) is 4.70 Å². The van der Waals surface area contributed by atoms with Crippen molar-refractivity contribution in [3.63, 3.8) is 0 Å². The van der Waals surface area contributed by atoms with Gasteiger partial charge in [0.05, 0.1) is 21.1 Å². The number of fused-ring (bicyclic) bond motifs is 2. The Hall–Kier alpha value is -1.59. The van der Waals surface area contributed by atoms with Crippen LogP contribution in [0.15, 0.2) is 46.9 Å². The van der Waals surface area contributed by atoms with Gasteiger partial charge in [0.15, 0.2) is 11.5 Å². The number of rotatable bonds is 2. The summed E-state index contributed by atoms with van der Waals surface area (Å²) in [6.07, 6.45) is 0.352. The molecule has 3 aromatic rings. The van der Waals surface area contributed by atoms with E-state index in [2.05, 4.69) is 27.0 Å². The first-order valence-electron chi connectivity index (χ1n) is 6.26. The lowest BCUT2D eigenvalue weighted by Crippen LogP contribution is -2.20. The van der Waals surface area contributed by atoms with Crippen molar-refractivity contribution in [1.29, 1.82) is 0 Å². The second-order valence-electron chi connectivity index (χ2n) is 4.51. The van der Waals surface area contributed by atoms with Gasteiger partial charge in [0.1, 0.15) is 5.01 Å². The standard InChI is InChI=1S/C15H10BrNO2S/c16-9-4-3-6-11-15(9)19-14(18-11)8-13-17-10-5-1-2-7-12(10)20-13/h1-7,14H,8H2. The highest BCUT2D eigenvalue weighted by Gasteiger charge is 2.27. The molecule has 4 rings (SSSR count). The molecule has 100 valence electrons. The van der Waals surface area contributed by atoms with Gasteiger partial charge in [-0.1, -0.05) is 18.2 Å². The minimum absolute atomic E-state index is 0.302. The quantitative estimate of drug-likeness (QED) is 0.688. The first-order chi connectivity index (χ1) is 9.79. The largest absolute Gasteiger partial charge is 0.450 e. The number of nitrogens with zero attached hydrogens (tertiary/aromatic N) is 1. The van der Waals surface area contributed by atoms with Gasteiger partial charge in [-0.15, -0.1) is 11.3 Å². The maximum Gasteiger partial charge on any atom is 0.247 e. The van der Waals surface area contributed by atoms with Crippen molar-refractivity contribution in [3.8, 4) is 11.5 Å². The number of hydrogen-bond acceptors (Lipinski definition) is 4. The van der Waals surface area contributed by atoms with Crippen molar-refractivity contribution < 1.29 is 9.47 Å². The van der Waals surface area contributed by atoms with Crippen LogP contribution < -0.4 is 9.47 Å². The normalized spacial score (nSPS) is 16.8. The number of thiazole rings is 1. The van der Waals surface area contributed by atoms with Crippen LogP contribution in [-0.4, -0.2) is 11.3 Å². The second kappa shape index (κ2) is 4.75. The highest BCUT2D eigenvalue weighted by atomic mass is 79.9. The molecule has 0 bridgehead atoms. The molecule has 1 unspecified atom stereocenters. The van der Waals surface area contributed by atoms with Crippen molar-refractivity contribution in [3.05, 3.63) is 51.9 Å². The fourth-order valence-corrected chi connectivity index (χ4v) is 3.65. The number of benzene rings is 2. The summed E-state index contributed by atoms with van der Waals surface area (Å²) in [5, 5.41) is 1.03. The number of halogens is 1. The predicted octanol–water partition coefficient (Wildman–Crippen LogP) is 4.40. The number of para-hydroxylation sites is 2. The average Bonchev–Trinajstić information content (AvgIpc) is 3.02. The fraction of sp³-hybridized carbons (Fsp3) is 0.133. The lowest BCUT2D eigenvalue weighted by Gasteiger charge is -2.07. The number of ether oxygens (including phenoxy) is 2. The van der Waals surface area contributed by atoms with Crippen LogP contribution >= 0.6 is 27.3 Å². The summed E-state index contributed by atoms with van der Waals surface area (Å²) in [7, 11) is 0. The number of aromatic nitrogens is 1. The zero-order valence-corrected chi connectivity index (χ0v) is 12.8. The van der Waals surface area contributed by atoms with Crippen LogP contribution in [0.4, 0.5) is 0 Å². The molecular weight excluding hydrogens is 338 g/mol. The Bertz CT molecular complexity index is 753. The van der Waals surface area contributed by atoms with Gasteiger partial charge >= 0.3 is 0 Å². The van der Waals surface area contributed by atoms with Gasteiger partial charge in [-0.2, -0.15) is 0 Å². The minimum Gasteiger partial charge on any atom is -0.450 e. The lowest BCUT2D eigenvalue weighted by atomic mass is 10.3. The van der Waals surface area contributed by atoms with Crippen LogP contribution in [0.1, 0.15) is 5.01 Å². The van der Waals surface area contributed by atoms with Crippen LogP contribution in [-0.2, 0) is 6.42 Å². The van der Waals surface area contributed by atoms with E-state index in [0.29, 0.717) is 6.42 Å². The molecule has 0 amide bonds. The van der Waals surface area contributed by atoms with Crippen LogP contribution in [0.3, 0.4) is 0 Å². The monoisotopic (exact) mass is 347 g/mol. The Kier molecular flexibility index (Phi) is 2.89. The minimum atomic E-state index is -0.302. The third-order valence-corrected chi connectivity index (χ3v) is 4.80. The summed E-state index contributed by atoms with van der Waals surface area (Å²) >= 11 is 5.15. The van der Waals surface area contributed by atoms with Crippen molar-refractivity contribution in [2.75, 3.05) is 0 Å². The van der Waals surface area contributed by atoms with E-state index in [0.717, 1.165) is 26.5 Å². The maximum atomic E-state index is 5.84. The van der Waals surface area contributed by atoms with E-state index in [-0.39, 0.29) is 6.29 Å². The van der Waals surface area contributed by atoms with E-state index in [4.69, 9.17) is 9.47 Å². The third-order valence-electron chi connectivity index (χ3n) is 3.12. The van der Waals surface area contributed by atoms with Gasteiger partial charge in [0, 0.05) is 0 Å². The molecule has 0 fully saturated rings. The smallest absolute Gasteiger partial charge is 0.247 e. The summed E-state index contributed by atoms with van der Waals surface area (Å²) < 4.78 is 13.7. The molecule has 0 aliphatic carbocycles. The van der Waals surface area contributed by atoms with Gasteiger partial charge in [0.25, 0.3) is 0 Å². The molecule has 2 aromatic carbocycles. The van der Waals surface area contributed by atoms with E-state index in [9.17, 15) is 0 Å². The summed E-state index contributed by atoms with van der Waals surface area (Å²) in [5.74, 6) is 1.56. The van der Waals surface area contributed by atoms with Gasteiger partial charge < -0.3 is 9.47 Å². The first-order valence-corrected chi connectivity index (χ1v) is 7.87. The summed E-state index contributed by atoms with van der Waals surface area (Å²) in [5.41, 5.74) is 1.03. The Morgan fingerprint density at radius 3 is 2.85 bits per heavy atom. The summed E-state index contributed by atoms with van der Waals surface area (Å²) in [4.78, 5) is 4.61. The van der Waals surface area contributed by atoms with Crippen LogP contribution in [0.25, 0.3) is 10.2 Å². The van der Waals surface area contributed by atoms with Crippen molar-refractivity contribution in [1.82, 2.24) is 4.98 Å². The van der Waals surface area contributed by atoms with E-state index in [1.807, 2.05) is 36.4 Å². The zero-order chi connectivity index (χ0) is 13.5. The second-order valence-corrected chi connectivity index (χ2v) is 6.48. The lowest BCUT2D eigenvalue weighted by molar-refractivity contribution is 0.0499.